The maximum atomic E-state index is 12.6. The number of nitrogens with two attached hydrogens (primary N) is 1. The fourth-order valence-corrected chi connectivity index (χ4v) is 4.63. The number of benzene rings is 1. The highest BCUT2D eigenvalue weighted by molar-refractivity contribution is 7.90. The average molecular weight is 541 g/mol. The first kappa shape index (κ1) is 27.7. The van der Waals surface area contributed by atoms with Gasteiger partial charge in [-0.05, 0) is 30.2 Å². The Morgan fingerprint density at radius 2 is 1.97 bits per heavy atom. The first-order valence-corrected chi connectivity index (χ1v) is 13.4. The highest BCUT2D eigenvalue weighted by Gasteiger charge is 2.31. The molecule has 2 aromatic rings. The number of sulfone groups is 1. The summed E-state index contributed by atoms with van der Waals surface area (Å²) in [5.41, 5.74) is 5.47. The van der Waals surface area contributed by atoms with Crippen LogP contribution in [0.4, 0.5) is 5.82 Å². The molecule has 2 atom stereocenters. The van der Waals surface area contributed by atoms with Crippen LogP contribution in [0.15, 0.2) is 40.0 Å². The van der Waals surface area contributed by atoms with E-state index in [0.717, 1.165) is 6.26 Å². The number of H-pyrrole nitrogens is 1. The zero-order chi connectivity index (χ0) is 26.5. The van der Waals surface area contributed by atoms with Gasteiger partial charge in [-0.3, -0.25) is 14.4 Å². The van der Waals surface area contributed by atoms with E-state index in [2.05, 4.69) is 10.3 Å². The molecule has 1 aliphatic heterocycles. The molecule has 0 aliphatic carbocycles. The number of hydrogen-bond donors (Lipinski definition) is 3. The number of nitrogens with zero attached hydrogens (tertiary/aromatic N) is 1. The molecule has 0 bridgehead atoms. The molecule has 0 spiro atoms. The number of nitrogens with one attached hydrogen (secondary N) is 2. The van der Waals surface area contributed by atoms with Crippen LogP contribution in [0.5, 0.6) is 0 Å². The van der Waals surface area contributed by atoms with Gasteiger partial charge < -0.3 is 30.4 Å². The largest absolute Gasteiger partial charge is 0.461 e. The van der Waals surface area contributed by atoms with E-state index in [-0.39, 0.29) is 52.4 Å². The molecule has 4 N–H and O–H groups in total. The number of pyridine rings is 1. The summed E-state index contributed by atoms with van der Waals surface area (Å²) in [6.45, 7) is 1.57. The first-order chi connectivity index (χ1) is 17.0. The Morgan fingerprint density at radius 1 is 1.28 bits per heavy atom. The summed E-state index contributed by atoms with van der Waals surface area (Å²) in [4.78, 5) is 41.5. The Kier molecular flexibility index (Phi) is 9.12. The number of anilines is 1. The number of carbonyl (C=O) groups is 2. The number of nitrogen functional groups attached to an aromatic ring is 1. The first-order valence-electron chi connectivity index (χ1n) is 11.2. The van der Waals surface area contributed by atoms with Crippen molar-refractivity contribution >= 4 is 39.1 Å². The summed E-state index contributed by atoms with van der Waals surface area (Å²) < 4.78 is 33.9. The number of carbonyl (C=O) groups excluding carboxylic acids is 2. The predicted octanol–water partition coefficient (Wildman–Crippen LogP) is 0.967. The van der Waals surface area contributed by atoms with Crippen LogP contribution in [0.3, 0.4) is 0 Å². The van der Waals surface area contributed by atoms with Crippen molar-refractivity contribution in [1.29, 1.82) is 0 Å². The topological polar surface area (TPSA) is 161 Å². The summed E-state index contributed by atoms with van der Waals surface area (Å²) in [5, 5.41) is 2.90. The highest BCUT2D eigenvalue weighted by Crippen LogP contribution is 2.17. The van der Waals surface area contributed by atoms with E-state index in [4.69, 9.17) is 26.8 Å². The maximum Gasteiger partial charge on any atom is 0.307 e. The monoisotopic (exact) mass is 540 g/mol. The van der Waals surface area contributed by atoms with Crippen molar-refractivity contribution in [2.24, 2.45) is 0 Å². The number of halogens is 1. The number of likely N-dealkylation sites (tertiary alicyclic amines) is 1. The molecule has 2 heterocycles. The Bertz CT molecular complexity index is 1260. The highest BCUT2D eigenvalue weighted by atomic mass is 35.5. The molecule has 3 rings (SSSR count). The van der Waals surface area contributed by atoms with Crippen molar-refractivity contribution in [2.75, 3.05) is 38.7 Å². The molecule has 0 unspecified atom stereocenters. The van der Waals surface area contributed by atoms with E-state index < -0.39 is 21.3 Å². The van der Waals surface area contributed by atoms with Gasteiger partial charge in [0.15, 0.2) is 9.84 Å². The summed E-state index contributed by atoms with van der Waals surface area (Å²) in [7, 11) is -1.75. The van der Waals surface area contributed by atoms with Gasteiger partial charge in [0.25, 0.3) is 11.5 Å². The molecule has 1 saturated heterocycles. The number of aromatic nitrogens is 1. The lowest BCUT2D eigenvalue weighted by molar-refractivity contribution is -0.145. The molecule has 1 aromatic carbocycles. The molecule has 36 heavy (non-hydrogen) atoms. The van der Waals surface area contributed by atoms with E-state index in [1.165, 1.54) is 25.3 Å². The third kappa shape index (κ3) is 7.29. The van der Waals surface area contributed by atoms with Gasteiger partial charge in [0.2, 0.25) is 0 Å². The van der Waals surface area contributed by atoms with Crippen LogP contribution < -0.4 is 16.6 Å². The Labute approximate surface area is 213 Å². The summed E-state index contributed by atoms with van der Waals surface area (Å²) >= 11 is 5.92. The van der Waals surface area contributed by atoms with Crippen LogP contribution in [-0.4, -0.2) is 75.3 Å². The third-order valence-corrected chi connectivity index (χ3v) is 7.35. The second kappa shape index (κ2) is 11.9. The fraction of sp³-hybridized carbons (Fsp3) is 0.435. The molecule has 11 nitrogen and oxygen atoms in total. The van der Waals surface area contributed by atoms with E-state index in [1.54, 1.807) is 12.1 Å². The quantitative estimate of drug-likeness (QED) is 0.393. The molecule has 0 saturated carbocycles. The standard InChI is InChI=1S/C23H29ClN4O7S/c1-34-19-12-28(9-7-18(19)26-22(30)16-11-17(24)21(25)27-23(16)31)10-8-20(29)35-13-14-3-5-15(6-4-14)36(2,32)33/h3-6,11,18-19H,7-10,12-13H2,1-2H3,(H,26,30)(H3,25,27,31)/t18-,19+/m0/s1. The van der Waals surface area contributed by atoms with Crippen molar-refractivity contribution in [3.63, 3.8) is 0 Å². The summed E-state index contributed by atoms with van der Waals surface area (Å²) in [6, 6.07) is 7.06. The molecule has 1 amide bonds. The fourth-order valence-electron chi connectivity index (χ4n) is 3.84. The molecular formula is C23H29ClN4O7S. The Hall–Kier alpha value is -2.93. The van der Waals surface area contributed by atoms with Gasteiger partial charge in [0.05, 0.1) is 28.5 Å². The molecule has 13 heteroatoms. The normalized spacial score (nSPS) is 18.5. The smallest absolute Gasteiger partial charge is 0.307 e. The molecule has 0 radical (unpaired) electrons. The number of piperidine rings is 1. The lowest BCUT2D eigenvalue weighted by atomic mass is 10.0. The second-order valence-corrected chi connectivity index (χ2v) is 11.0. The van der Waals surface area contributed by atoms with Crippen LogP contribution in [0.2, 0.25) is 5.02 Å². The minimum Gasteiger partial charge on any atom is -0.461 e. The van der Waals surface area contributed by atoms with E-state index >= 15 is 0 Å². The average Bonchev–Trinajstić information content (AvgIpc) is 2.83. The SMILES string of the molecule is CO[C@@H]1CN(CCC(=O)OCc2ccc(S(C)(=O)=O)cc2)CC[C@@H]1NC(=O)c1cc(Cl)c(N)[nH]c1=O. The lowest BCUT2D eigenvalue weighted by Crippen LogP contribution is -2.55. The van der Waals surface area contributed by atoms with Crippen molar-refractivity contribution in [3.8, 4) is 0 Å². The van der Waals surface area contributed by atoms with Gasteiger partial charge in [-0.1, -0.05) is 23.7 Å². The van der Waals surface area contributed by atoms with Crippen LogP contribution in [-0.2, 0) is 30.7 Å². The van der Waals surface area contributed by atoms with Crippen LogP contribution >= 0.6 is 11.6 Å². The minimum absolute atomic E-state index is 0.00956. The Morgan fingerprint density at radius 3 is 2.61 bits per heavy atom. The number of hydrogen-bond acceptors (Lipinski definition) is 9. The summed E-state index contributed by atoms with van der Waals surface area (Å²) in [5.74, 6) is -0.970. The molecule has 196 valence electrons. The maximum absolute atomic E-state index is 12.6. The van der Waals surface area contributed by atoms with E-state index in [9.17, 15) is 22.8 Å². The van der Waals surface area contributed by atoms with E-state index in [0.29, 0.717) is 31.6 Å². The van der Waals surface area contributed by atoms with Gasteiger partial charge in [-0.2, -0.15) is 0 Å². The van der Waals surface area contributed by atoms with Crippen molar-refractivity contribution in [2.45, 2.75) is 36.5 Å². The number of ether oxygens (including phenoxy) is 2. The van der Waals surface area contributed by atoms with Crippen LogP contribution in [0, 0.1) is 0 Å². The zero-order valence-electron chi connectivity index (χ0n) is 20.0. The molecular weight excluding hydrogens is 512 g/mol. The van der Waals surface area contributed by atoms with Crippen molar-refractivity contribution < 1.29 is 27.5 Å². The van der Waals surface area contributed by atoms with Gasteiger partial charge in [0, 0.05) is 33.0 Å². The zero-order valence-corrected chi connectivity index (χ0v) is 21.5. The van der Waals surface area contributed by atoms with E-state index in [1.807, 2.05) is 4.90 Å². The second-order valence-electron chi connectivity index (χ2n) is 8.54. The van der Waals surface area contributed by atoms with Crippen LogP contribution in [0.1, 0.15) is 28.8 Å². The Balaban J connectivity index is 1.46. The van der Waals surface area contributed by atoms with Crippen LogP contribution in [0.25, 0.3) is 0 Å². The number of esters is 1. The van der Waals surface area contributed by atoms with Crippen molar-refractivity contribution in [1.82, 2.24) is 15.2 Å². The van der Waals surface area contributed by atoms with Gasteiger partial charge in [0.1, 0.15) is 18.0 Å². The van der Waals surface area contributed by atoms with Crippen molar-refractivity contribution in [3.05, 3.63) is 56.8 Å². The number of amides is 1. The minimum atomic E-state index is -3.28. The predicted molar refractivity (Wildman–Crippen MR) is 134 cm³/mol. The lowest BCUT2D eigenvalue weighted by Gasteiger charge is -2.37. The summed E-state index contributed by atoms with van der Waals surface area (Å²) in [6.07, 6.45) is 1.49. The third-order valence-electron chi connectivity index (χ3n) is 5.91. The molecule has 1 fully saturated rings. The number of rotatable bonds is 9. The van der Waals surface area contributed by atoms with Gasteiger partial charge in [-0.15, -0.1) is 0 Å². The van der Waals surface area contributed by atoms with Gasteiger partial charge in [-0.25, -0.2) is 8.42 Å². The molecule has 1 aromatic heterocycles. The van der Waals surface area contributed by atoms with Gasteiger partial charge >= 0.3 is 5.97 Å². The number of aromatic amines is 1. The number of methoxy groups -OCH3 is 1. The molecule has 1 aliphatic rings.